The van der Waals surface area contributed by atoms with E-state index in [2.05, 4.69) is 15.9 Å². The molecule has 0 aliphatic heterocycles. The third-order valence-corrected chi connectivity index (χ3v) is 5.19. The van der Waals surface area contributed by atoms with E-state index in [0.717, 1.165) is 10.4 Å². The van der Waals surface area contributed by atoms with Gasteiger partial charge in [-0.25, -0.2) is 17.2 Å². The third-order valence-electron chi connectivity index (χ3n) is 2.59. The fourth-order valence-electron chi connectivity index (χ4n) is 1.24. The number of likely N-dealkylation sites (N-methyl/N-ethyl adjacent to an activating group) is 1. The van der Waals surface area contributed by atoms with E-state index in [1.165, 1.54) is 7.05 Å². The zero-order valence-electron chi connectivity index (χ0n) is 9.82. The minimum Gasteiger partial charge on any atom is -0.329 e. The summed E-state index contributed by atoms with van der Waals surface area (Å²) >= 11 is 2.78. The summed E-state index contributed by atoms with van der Waals surface area (Å²) in [6, 6.07) is 0.915. The number of benzene rings is 1. The maximum Gasteiger partial charge on any atom is 0.246 e. The lowest BCUT2D eigenvalue weighted by atomic mass is 10.3. The van der Waals surface area contributed by atoms with Crippen molar-refractivity contribution >= 4 is 26.0 Å². The largest absolute Gasteiger partial charge is 0.329 e. The van der Waals surface area contributed by atoms with Gasteiger partial charge in [0.15, 0.2) is 0 Å². The lowest BCUT2D eigenvalue weighted by molar-refractivity contribution is 0.391. The normalized spacial score (nSPS) is 13.9. The van der Waals surface area contributed by atoms with E-state index in [-0.39, 0.29) is 11.0 Å². The smallest absolute Gasteiger partial charge is 0.246 e. The molecule has 0 bridgehead atoms. The highest BCUT2D eigenvalue weighted by molar-refractivity contribution is 9.10. The van der Waals surface area contributed by atoms with Crippen LogP contribution in [0.4, 0.5) is 8.78 Å². The molecule has 1 unspecified atom stereocenters. The first-order chi connectivity index (χ1) is 8.21. The van der Waals surface area contributed by atoms with Crippen molar-refractivity contribution in [3.05, 3.63) is 28.2 Å². The van der Waals surface area contributed by atoms with Crippen LogP contribution in [0.25, 0.3) is 0 Å². The van der Waals surface area contributed by atoms with Crippen LogP contribution in [0, 0.1) is 11.6 Å². The molecule has 2 N–H and O–H groups in total. The van der Waals surface area contributed by atoms with Gasteiger partial charge in [0.2, 0.25) is 10.0 Å². The van der Waals surface area contributed by atoms with E-state index in [0.29, 0.717) is 6.07 Å². The molecule has 102 valence electrons. The number of rotatable bonds is 4. The Morgan fingerprint density at radius 2 is 1.94 bits per heavy atom. The van der Waals surface area contributed by atoms with Gasteiger partial charge in [-0.1, -0.05) is 0 Å². The average Bonchev–Trinajstić information content (AvgIpc) is 2.31. The van der Waals surface area contributed by atoms with Crippen LogP contribution in [0.5, 0.6) is 0 Å². The van der Waals surface area contributed by atoms with Crippen molar-refractivity contribution < 1.29 is 17.2 Å². The Bertz CT molecular complexity index is 551. The van der Waals surface area contributed by atoms with Crippen molar-refractivity contribution in [3.63, 3.8) is 0 Å². The van der Waals surface area contributed by atoms with Gasteiger partial charge in [-0.15, -0.1) is 0 Å². The molecule has 1 rings (SSSR count). The highest BCUT2D eigenvalue weighted by Gasteiger charge is 2.28. The second-order valence-electron chi connectivity index (χ2n) is 3.80. The van der Waals surface area contributed by atoms with Gasteiger partial charge in [-0.3, -0.25) is 0 Å². The van der Waals surface area contributed by atoms with Crippen molar-refractivity contribution in [2.45, 2.75) is 17.9 Å². The minimum absolute atomic E-state index is 0.0797. The first kappa shape index (κ1) is 15.5. The zero-order valence-corrected chi connectivity index (χ0v) is 12.2. The van der Waals surface area contributed by atoms with E-state index in [1.54, 1.807) is 6.92 Å². The summed E-state index contributed by atoms with van der Waals surface area (Å²) in [6.07, 6.45) is 0. The Balaban J connectivity index is 3.33. The predicted octanol–water partition coefficient (Wildman–Crippen LogP) is 1.70. The van der Waals surface area contributed by atoms with Crippen LogP contribution in [-0.4, -0.2) is 32.4 Å². The van der Waals surface area contributed by atoms with Crippen LogP contribution in [0.3, 0.4) is 0 Å². The van der Waals surface area contributed by atoms with Crippen molar-refractivity contribution in [3.8, 4) is 0 Å². The number of hydrogen-bond donors (Lipinski definition) is 1. The quantitative estimate of drug-likeness (QED) is 0.847. The summed E-state index contributed by atoms with van der Waals surface area (Å²) < 4.78 is 51.8. The number of hydrogen-bond acceptors (Lipinski definition) is 3. The Morgan fingerprint density at radius 1 is 1.39 bits per heavy atom. The predicted molar refractivity (Wildman–Crippen MR) is 67.5 cm³/mol. The Hall–Kier alpha value is -0.570. The van der Waals surface area contributed by atoms with Crippen LogP contribution in [-0.2, 0) is 10.0 Å². The number of nitrogens with zero attached hydrogens (tertiary/aromatic N) is 1. The highest BCUT2D eigenvalue weighted by atomic mass is 79.9. The first-order valence-electron chi connectivity index (χ1n) is 5.04. The van der Waals surface area contributed by atoms with Gasteiger partial charge >= 0.3 is 0 Å². The minimum atomic E-state index is -4.10. The van der Waals surface area contributed by atoms with Crippen molar-refractivity contribution in [2.24, 2.45) is 5.73 Å². The molecule has 8 heteroatoms. The van der Waals surface area contributed by atoms with Crippen LogP contribution < -0.4 is 5.73 Å². The molecule has 0 spiro atoms. The van der Waals surface area contributed by atoms with Gasteiger partial charge in [0.25, 0.3) is 0 Å². The van der Waals surface area contributed by atoms with Crippen molar-refractivity contribution in [1.82, 2.24) is 4.31 Å². The molecule has 0 radical (unpaired) electrons. The lowest BCUT2D eigenvalue weighted by Gasteiger charge is -2.23. The van der Waals surface area contributed by atoms with Crippen LogP contribution >= 0.6 is 15.9 Å². The maximum absolute atomic E-state index is 13.6. The summed E-state index contributed by atoms with van der Waals surface area (Å²) in [5.74, 6) is -1.86. The SMILES string of the molecule is CC(CN)N(C)S(=O)(=O)c1cc(F)c(Br)cc1F. The fraction of sp³-hybridized carbons (Fsp3) is 0.400. The molecule has 1 aromatic rings. The van der Waals surface area contributed by atoms with Crippen LogP contribution in [0.1, 0.15) is 6.92 Å². The van der Waals surface area contributed by atoms with Crippen molar-refractivity contribution in [2.75, 3.05) is 13.6 Å². The van der Waals surface area contributed by atoms with Gasteiger partial charge in [-0.05, 0) is 35.0 Å². The Labute approximate surface area is 113 Å². The molecular weight excluding hydrogens is 330 g/mol. The molecule has 1 atom stereocenters. The van der Waals surface area contributed by atoms with E-state index >= 15 is 0 Å². The molecule has 0 saturated heterocycles. The van der Waals surface area contributed by atoms with Gasteiger partial charge in [0.1, 0.15) is 16.5 Å². The number of nitrogens with two attached hydrogens (primary N) is 1. The summed E-state index contributed by atoms with van der Waals surface area (Å²) in [7, 11) is -2.83. The maximum atomic E-state index is 13.6. The van der Waals surface area contributed by atoms with E-state index in [4.69, 9.17) is 5.73 Å². The second-order valence-corrected chi connectivity index (χ2v) is 6.62. The first-order valence-corrected chi connectivity index (χ1v) is 7.27. The van der Waals surface area contributed by atoms with Gasteiger partial charge in [-0.2, -0.15) is 4.31 Å². The van der Waals surface area contributed by atoms with Crippen LogP contribution in [0.15, 0.2) is 21.5 Å². The third kappa shape index (κ3) is 2.87. The summed E-state index contributed by atoms with van der Waals surface area (Å²) in [5, 5.41) is 0. The number of halogens is 3. The Morgan fingerprint density at radius 3 is 2.44 bits per heavy atom. The summed E-state index contributed by atoms with van der Waals surface area (Å²) in [5.41, 5.74) is 5.36. The number of sulfonamides is 1. The topological polar surface area (TPSA) is 63.4 Å². The highest BCUT2D eigenvalue weighted by Crippen LogP contribution is 2.25. The van der Waals surface area contributed by atoms with Crippen LogP contribution in [0.2, 0.25) is 0 Å². The lowest BCUT2D eigenvalue weighted by Crippen LogP contribution is -2.40. The van der Waals surface area contributed by atoms with E-state index in [1.807, 2.05) is 0 Å². The fourth-order valence-corrected chi connectivity index (χ4v) is 2.99. The molecule has 0 aromatic heterocycles. The van der Waals surface area contributed by atoms with E-state index in [9.17, 15) is 17.2 Å². The molecule has 0 saturated carbocycles. The molecule has 0 amide bonds. The van der Waals surface area contributed by atoms with Crippen molar-refractivity contribution in [1.29, 1.82) is 0 Å². The molecule has 0 heterocycles. The second kappa shape index (κ2) is 5.60. The Kier molecular flexibility index (Phi) is 4.82. The molecule has 0 aliphatic rings. The average molecular weight is 343 g/mol. The van der Waals surface area contributed by atoms with Gasteiger partial charge in [0.05, 0.1) is 4.47 Å². The van der Waals surface area contributed by atoms with Gasteiger partial charge < -0.3 is 5.73 Å². The van der Waals surface area contributed by atoms with E-state index < -0.39 is 32.6 Å². The molecule has 4 nitrogen and oxygen atoms in total. The molecule has 0 aliphatic carbocycles. The zero-order chi connectivity index (χ0) is 14.1. The summed E-state index contributed by atoms with van der Waals surface area (Å²) in [4.78, 5) is -0.703. The molecule has 0 fully saturated rings. The molecule has 1 aromatic carbocycles. The monoisotopic (exact) mass is 342 g/mol. The molecule has 18 heavy (non-hydrogen) atoms. The van der Waals surface area contributed by atoms with Gasteiger partial charge in [0, 0.05) is 19.6 Å². The summed E-state index contributed by atoms with van der Waals surface area (Å²) in [6.45, 7) is 1.65. The molecular formula is C10H13BrF2N2O2S. The standard InChI is InChI=1S/C10H13BrF2N2O2S/c1-6(5-14)15(2)18(16,17)10-4-8(12)7(11)3-9(10)13/h3-4,6H,5,14H2,1-2H3.